The fraction of sp³-hybridized carbons (Fsp3) is 0.0164. The van der Waals surface area contributed by atoms with Crippen LogP contribution in [0.5, 0.6) is 0 Å². The molecule has 20 aromatic carbocycles. The molecule has 0 radical (unpaired) electrons. The SMILES string of the molecule is c1ccc(-c2ccc(N(c3cc(-c4cccc5c4oc4ccccc45)ccc3-c3ccccc3)c3cccc4c3-c3ccccc3C43c4ccccc4-c4ccccc43)cc2)cc1.c1ccc(-c2ccc(N(c3ccc(-c4cccc5c4oc4ccccc45)cc3-c3ccccc3)c3cccc4c3-c3ccccc3C43c4ccccc4-c4ccccc43)cc2)cc1. The fourth-order valence-corrected chi connectivity index (χ4v) is 21.7. The molecule has 2 heterocycles. The van der Waals surface area contributed by atoms with E-state index in [1.54, 1.807) is 0 Å². The van der Waals surface area contributed by atoms with Gasteiger partial charge in [0, 0.05) is 66.3 Å². The lowest BCUT2D eigenvalue weighted by atomic mass is 9.70. The molecule has 0 amide bonds. The fourth-order valence-electron chi connectivity index (χ4n) is 21.7. The largest absolute Gasteiger partial charge is 0.455 e. The molecular formula is C122H78N2O2. The van der Waals surface area contributed by atoms with E-state index in [1.165, 1.54) is 111 Å². The smallest absolute Gasteiger partial charge is 0.143 e. The van der Waals surface area contributed by atoms with Gasteiger partial charge in [-0.2, -0.15) is 0 Å². The molecule has 2 aromatic heterocycles. The predicted octanol–water partition coefficient (Wildman–Crippen LogP) is 32.8. The van der Waals surface area contributed by atoms with Crippen molar-refractivity contribution in [1.82, 2.24) is 0 Å². The number of benzene rings is 20. The standard InChI is InChI=1S/2C61H39NO/c1-3-17-40(18-4-1)41-33-36-44(37-34-41)62(57-39-43(35-38-45(57)42-19-5-2-6-20-42)46-25-15-26-50-49-23-10-14-32-58(49)63-60(46)50)56-31-16-30-55-59(56)51-24-9-13-29-54(51)61(55)52-27-11-7-21-47(52)48-22-8-12-28-53(48)61;1-3-17-40(18-4-1)41-33-36-44(37-34-41)62(56-38-35-43(39-51(56)42-19-5-2-6-20-42)45-25-15-26-49-48-23-10-14-32-58(48)63-60(45)49)57-31-16-30-55-59(57)50-24-9-13-29-54(50)61(55)52-27-11-7-21-46(52)47-22-8-12-28-53(47)61/h2*1-39H. The second kappa shape index (κ2) is 29.2. The molecule has 22 aromatic rings. The van der Waals surface area contributed by atoms with Crippen LogP contribution in [0.2, 0.25) is 0 Å². The Labute approximate surface area is 731 Å². The lowest BCUT2D eigenvalue weighted by Crippen LogP contribution is -2.26. The minimum Gasteiger partial charge on any atom is -0.455 e. The number of furan rings is 2. The highest BCUT2D eigenvalue weighted by atomic mass is 16.3. The zero-order valence-electron chi connectivity index (χ0n) is 68.7. The maximum atomic E-state index is 6.67. The van der Waals surface area contributed by atoms with Gasteiger partial charge in [0.25, 0.3) is 0 Å². The molecule has 2 spiro atoms. The van der Waals surface area contributed by atoms with Crippen LogP contribution in [0.3, 0.4) is 0 Å². The molecule has 26 rings (SSSR count). The Bertz CT molecular complexity index is 7990. The van der Waals surface area contributed by atoms with E-state index in [1.807, 2.05) is 12.1 Å². The van der Waals surface area contributed by atoms with E-state index in [-0.39, 0.29) is 0 Å². The molecule has 4 aliphatic carbocycles. The quantitative estimate of drug-likeness (QED) is 0.122. The van der Waals surface area contributed by atoms with Crippen molar-refractivity contribution in [3.8, 4) is 111 Å². The van der Waals surface area contributed by atoms with Crippen molar-refractivity contribution in [1.29, 1.82) is 0 Å². The van der Waals surface area contributed by atoms with E-state index in [0.717, 1.165) is 123 Å². The van der Waals surface area contributed by atoms with Gasteiger partial charge in [-0.1, -0.05) is 406 Å². The summed E-state index contributed by atoms with van der Waals surface area (Å²) >= 11 is 0. The van der Waals surface area contributed by atoms with Crippen molar-refractivity contribution in [3.05, 3.63) is 518 Å². The molecule has 0 atom stereocenters. The Balaban J connectivity index is 0.000000137. The highest BCUT2D eigenvalue weighted by molar-refractivity contribution is 6.13. The first kappa shape index (κ1) is 72.4. The number of fused-ring (bicyclic) bond motifs is 26. The van der Waals surface area contributed by atoms with Gasteiger partial charge in [-0.3, -0.25) is 0 Å². The number of hydrogen-bond acceptors (Lipinski definition) is 4. The average Bonchev–Trinajstić information content (AvgIpc) is 1.51. The Hall–Kier alpha value is -16.4. The minimum absolute atomic E-state index is 0.463. The van der Waals surface area contributed by atoms with E-state index in [4.69, 9.17) is 8.83 Å². The zero-order chi connectivity index (χ0) is 83.0. The molecule has 4 heteroatoms. The van der Waals surface area contributed by atoms with Crippen molar-refractivity contribution in [2.24, 2.45) is 0 Å². The van der Waals surface area contributed by atoms with Gasteiger partial charge < -0.3 is 18.6 Å². The van der Waals surface area contributed by atoms with Crippen LogP contribution >= 0.6 is 0 Å². The molecular weight excluding hydrogens is 1530 g/mol. The Morgan fingerprint density at radius 1 is 0.159 bits per heavy atom. The van der Waals surface area contributed by atoms with Crippen LogP contribution in [0.25, 0.3) is 155 Å². The van der Waals surface area contributed by atoms with Gasteiger partial charge in [0.2, 0.25) is 0 Å². The molecule has 126 heavy (non-hydrogen) atoms. The minimum atomic E-state index is -0.473. The number of anilines is 6. The summed E-state index contributed by atoms with van der Waals surface area (Å²) in [5.41, 5.74) is 43.6. The summed E-state index contributed by atoms with van der Waals surface area (Å²) in [4.78, 5) is 5.02. The molecule has 0 saturated heterocycles. The first-order valence-corrected chi connectivity index (χ1v) is 43.5. The highest BCUT2D eigenvalue weighted by Gasteiger charge is 2.54. The van der Waals surface area contributed by atoms with E-state index in [9.17, 15) is 0 Å². The Morgan fingerprint density at radius 2 is 0.452 bits per heavy atom. The number of nitrogens with zero attached hydrogens (tertiary/aromatic N) is 2. The van der Waals surface area contributed by atoms with Crippen molar-refractivity contribution < 1.29 is 8.83 Å². The first-order valence-electron chi connectivity index (χ1n) is 43.5. The molecule has 0 N–H and O–H groups in total. The number of rotatable bonds is 12. The summed E-state index contributed by atoms with van der Waals surface area (Å²) < 4.78 is 13.3. The summed E-state index contributed by atoms with van der Waals surface area (Å²) in [6.45, 7) is 0. The van der Waals surface area contributed by atoms with Gasteiger partial charge in [0.05, 0.1) is 33.6 Å². The maximum Gasteiger partial charge on any atom is 0.143 e. The van der Waals surface area contributed by atoms with Crippen molar-refractivity contribution in [3.63, 3.8) is 0 Å². The number of para-hydroxylation sites is 4. The van der Waals surface area contributed by atoms with E-state index < -0.39 is 10.8 Å². The molecule has 0 aliphatic heterocycles. The molecule has 588 valence electrons. The first-order chi connectivity index (χ1) is 62.5. The third-order valence-electron chi connectivity index (χ3n) is 27.0. The normalized spacial score (nSPS) is 12.9. The molecule has 0 unspecified atom stereocenters. The lowest BCUT2D eigenvalue weighted by Gasteiger charge is -2.32. The topological polar surface area (TPSA) is 32.8 Å². The van der Waals surface area contributed by atoms with Crippen LogP contribution in [-0.4, -0.2) is 0 Å². The molecule has 0 saturated carbocycles. The summed E-state index contributed by atoms with van der Waals surface area (Å²) in [6.07, 6.45) is 0. The van der Waals surface area contributed by atoms with Crippen LogP contribution in [-0.2, 0) is 10.8 Å². The summed E-state index contributed by atoms with van der Waals surface area (Å²) in [5.74, 6) is 0. The summed E-state index contributed by atoms with van der Waals surface area (Å²) in [7, 11) is 0. The number of hydrogen-bond donors (Lipinski definition) is 0. The van der Waals surface area contributed by atoms with Gasteiger partial charge in [-0.25, -0.2) is 0 Å². The maximum absolute atomic E-state index is 6.67. The monoisotopic (exact) mass is 1600 g/mol. The second-order valence-corrected chi connectivity index (χ2v) is 33.4. The van der Waals surface area contributed by atoms with Crippen LogP contribution in [0, 0.1) is 0 Å². The molecule has 4 nitrogen and oxygen atoms in total. The van der Waals surface area contributed by atoms with Crippen molar-refractivity contribution in [2.75, 3.05) is 9.80 Å². The van der Waals surface area contributed by atoms with Gasteiger partial charge in [-0.05, 0) is 189 Å². The summed E-state index contributed by atoms with van der Waals surface area (Å²) in [6, 6.07) is 173. The third-order valence-corrected chi connectivity index (χ3v) is 27.0. The van der Waals surface area contributed by atoms with Gasteiger partial charge in [0.1, 0.15) is 22.3 Å². The lowest BCUT2D eigenvalue weighted by molar-refractivity contribution is 0.669. The summed E-state index contributed by atoms with van der Waals surface area (Å²) in [5, 5.41) is 4.49. The van der Waals surface area contributed by atoms with Gasteiger partial charge in [0.15, 0.2) is 0 Å². The van der Waals surface area contributed by atoms with E-state index in [0.29, 0.717) is 0 Å². The molecule has 0 fully saturated rings. The van der Waals surface area contributed by atoms with Crippen LogP contribution < -0.4 is 9.80 Å². The Kier molecular flexibility index (Phi) is 16.8. The van der Waals surface area contributed by atoms with Gasteiger partial charge in [-0.15, -0.1) is 0 Å². The van der Waals surface area contributed by atoms with Gasteiger partial charge >= 0.3 is 0 Å². The van der Waals surface area contributed by atoms with Crippen LogP contribution in [0.4, 0.5) is 34.1 Å². The van der Waals surface area contributed by atoms with Crippen molar-refractivity contribution in [2.45, 2.75) is 10.8 Å². The predicted molar refractivity (Wildman–Crippen MR) is 522 cm³/mol. The Morgan fingerprint density at radius 3 is 0.881 bits per heavy atom. The molecule has 0 bridgehead atoms. The van der Waals surface area contributed by atoms with Crippen LogP contribution in [0.15, 0.2) is 482 Å². The third kappa shape index (κ3) is 11.0. The molecule has 4 aliphatic rings. The van der Waals surface area contributed by atoms with Crippen molar-refractivity contribution >= 4 is 78.0 Å². The average molecular weight is 1600 g/mol. The zero-order valence-corrected chi connectivity index (χ0v) is 68.7. The van der Waals surface area contributed by atoms with E-state index >= 15 is 0 Å². The van der Waals surface area contributed by atoms with Crippen LogP contribution in [0.1, 0.15) is 44.5 Å². The second-order valence-electron chi connectivity index (χ2n) is 33.4. The van der Waals surface area contributed by atoms with E-state index in [2.05, 4.69) is 471 Å². The highest BCUT2D eigenvalue weighted by Crippen LogP contribution is 2.68.